The number of fused-ring (bicyclic) bond motifs is 1. The fourth-order valence-electron chi connectivity index (χ4n) is 2.23. The molecule has 0 saturated heterocycles. The van der Waals surface area contributed by atoms with Crippen molar-refractivity contribution in [3.63, 3.8) is 0 Å². The highest BCUT2D eigenvalue weighted by Crippen LogP contribution is 2.35. The van der Waals surface area contributed by atoms with Crippen molar-refractivity contribution in [1.29, 1.82) is 0 Å². The minimum Gasteiger partial charge on any atom is -0.481 e. The van der Waals surface area contributed by atoms with E-state index in [2.05, 4.69) is 0 Å². The van der Waals surface area contributed by atoms with Crippen LogP contribution in [0.4, 0.5) is 11.4 Å². The molecule has 1 amide bonds. The van der Waals surface area contributed by atoms with Crippen molar-refractivity contribution < 1.29 is 9.53 Å². The van der Waals surface area contributed by atoms with Gasteiger partial charge in [-0.1, -0.05) is 23.2 Å². The molecule has 2 aromatic carbocycles. The number of carbonyl (C=O) groups excluding carboxylic acids is 1. The Bertz CT molecular complexity index is 719. The first-order valence-electron chi connectivity index (χ1n) is 6.31. The third kappa shape index (κ3) is 2.77. The van der Waals surface area contributed by atoms with E-state index in [1.54, 1.807) is 41.3 Å². The van der Waals surface area contributed by atoms with E-state index in [4.69, 9.17) is 33.7 Å². The summed E-state index contributed by atoms with van der Waals surface area (Å²) in [5.74, 6) is 0.455. The molecule has 0 radical (unpaired) electrons. The number of nitrogens with zero attached hydrogens (tertiary/aromatic N) is 1. The highest BCUT2D eigenvalue weighted by molar-refractivity contribution is 6.33. The largest absolute Gasteiger partial charge is 0.481 e. The first-order valence-corrected chi connectivity index (χ1v) is 7.07. The number of benzene rings is 2. The number of nitrogen functional groups attached to an aromatic ring is 1. The first-order chi connectivity index (χ1) is 10.0. The monoisotopic (exact) mass is 322 g/mol. The van der Waals surface area contributed by atoms with Crippen LogP contribution in [0.3, 0.4) is 0 Å². The van der Waals surface area contributed by atoms with Gasteiger partial charge in [0.25, 0.3) is 5.91 Å². The van der Waals surface area contributed by atoms with Gasteiger partial charge in [-0.05, 0) is 35.9 Å². The number of nitrogens with two attached hydrogens (primary N) is 1. The zero-order valence-corrected chi connectivity index (χ0v) is 12.5. The lowest BCUT2D eigenvalue weighted by molar-refractivity contribution is -0.121. The topological polar surface area (TPSA) is 55.6 Å². The Morgan fingerprint density at radius 3 is 2.81 bits per heavy atom. The van der Waals surface area contributed by atoms with Crippen LogP contribution < -0.4 is 15.4 Å². The van der Waals surface area contributed by atoms with Crippen LogP contribution in [0.1, 0.15) is 5.56 Å². The van der Waals surface area contributed by atoms with Crippen LogP contribution in [0.5, 0.6) is 5.75 Å². The highest BCUT2D eigenvalue weighted by Gasteiger charge is 2.26. The summed E-state index contributed by atoms with van der Waals surface area (Å²) in [7, 11) is 0. The lowest BCUT2D eigenvalue weighted by atomic mass is 10.1. The third-order valence-corrected chi connectivity index (χ3v) is 3.87. The molecular formula is C15H12Cl2N2O2. The maximum Gasteiger partial charge on any atom is 0.265 e. The van der Waals surface area contributed by atoms with Gasteiger partial charge in [-0.2, -0.15) is 0 Å². The molecule has 0 aliphatic carbocycles. The Hall–Kier alpha value is -1.91. The molecule has 0 saturated carbocycles. The quantitative estimate of drug-likeness (QED) is 0.861. The lowest BCUT2D eigenvalue weighted by Gasteiger charge is -2.29. The molecule has 0 bridgehead atoms. The predicted molar refractivity (Wildman–Crippen MR) is 84.0 cm³/mol. The molecular weight excluding hydrogens is 311 g/mol. The van der Waals surface area contributed by atoms with Gasteiger partial charge in [0, 0.05) is 21.8 Å². The Morgan fingerprint density at radius 1 is 1.19 bits per heavy atom. The van der Waals surface area contributed by atoms with Gasteiger partial charge in [0.05, 0.1) is 12.2 Å². The molecule has 1 aliphatic rings. The maximum absolute atomic E-state index is 12.1. The van der Waals surface area contributed by atoms with Gasteiger partial charge in [-0.15, -0.1) is 0 Å². The molecule has 1 aliphatic heterocycles. The van der Waals surface area contributed by atoms with Crippen LogP contribution in [0.2, 0.25) is 10.0 Å². The zero-order chi connectivity index (χ0) is 15.0. The number of rotatable bonds is 2. The van der Waals surface area contributed by atoms with Crippen molar-refractivity contribution in [2.75, 3.05) is 17.2 Å². The van der Waals surface area contributed by atoms with E-state index in [1.165, 1.54) is 0 Å². The van der Waals surface area contributed by atoms with Gasteiger partial charge in [0.2, 0.25) is 0 Å². The lowest BCUT2D eigenvalue weighted by Crippen LogP contribution is -2.38. The second-order valence-electron chi connectivity index (χ2n) is 4.73. The molecule has 6 heteroatoms. The minimum atomic E-state index is -0.136. The zero-order valence-electron chi connectivity index (χ0n) is 11.0. The van der Waals surface area contributed by atoms with Crippen molar-refractivity contribution in [1.82, 2.24) is 0 Å². The Labute approximate surface area is 132 Å². The second-order valence-corrected chi connectivity index (χ2v) is 5.58. The molecule has 0 aromatic heterocycles. The number of ether oxygens (including phenoxy) is 1. The van der Waals surface area contributed by atoms with E-state index in [9.17, 15) is 4.79 Å². The minimum absolute atomic E-state index is 0.0192. The van der Waals surface area contributed by atoms with Crippen LogP contribution in [0, 0.1) is 0 Å². The molecule has 0 unspecified atom stereocenters. The highest BCUT2D eigenvalue weighted by atomic mass is 35.5. The van der Waals surface area contributed by atoms with Crippen LogP contribution in [-0.4, -0.2) is 12.5 Å². The van der Waals surface area contributed by atoms with Crippen molar-refractivity contribution in [3.05, 3.63) is 52.0 Å². The summed E-state index contributed by atoms with van der Waals surface area (Å²) in [6.45, 7) is 0.313. The maximum atomic E-state index is 12.1. The second kappa shape index (κ2) is 5.47. The van der Waals surface area contributed by atoms with E-state index in [0.717, 1.165) is 5.56 Å². The van der Waals surface area contributed by atoms with E-state index in [1.807, 2.05) is 0 Å². The van der Waals surface area contributed by atoms with Crippen LogP contribution in [0.25, 0.3) is 0 Å². The average Bonchev–Trinajstić information content (AvgIpc) is 2.45. The van der Waals surface area contributed by atoms with E-state index < -0.39 is 0 Å². The fourth-order valence-corrected chi connectivity index (χ4v) is 2.60. The van der Waals surface area contributed by atoms with Crippen LogP contribution in [0.15, 0.2) is 36.4 Å². The first kappa shape index (κ1) is 14.0. The standard InChI is InChI=1S/C15H12Cl2N2O2/c16-10-1-3-12(17)9(5-10)7-19-13-4-2-11(18)6-14(13)21-8-15(19)20/h1-6H,7-8,18H2. The Kier molecular flexibility index (Phi) is 3.66. The van der Waals surface area contributed by atoms with Gasteiger partial charge >= 0.3 is 0 Å². The molecule has 3 rings (SSSR count). The van der Waals surface area contributed by atoms with Gasteiger partial charge < -0.3 is 15.4 Å². The number of carbonyl (C=O) groups is 1. The van der Waals surface area contributed by atoms with Gasteiger partial charge in [0.1, 0.15) is 5.75 Å². The van der Waals surface area contributed by atoms with Gasteiger partial charge in [-0.25, -0.2) is 0 Å². The van der Waals surface area contributed by atoms with E-state index in [0.29, 0.717) is 33.7 Å². The number of amides is 1. The number of halogens is 2. The number of hydrogen-bond acceptors (Lipinski definition) is 3. The normalized spacial score (nSPS) is 13.8. The van der Waals surface area contributed by atoms with Crippen molar-refractivity contribution in [2.45, 2.75) is 6.54 Å². The smallest absolute Gasteiger partial charge is 0.265 e. The van der Waals surface area contributed by atoms with Crippen molar-refractivity contribution >= 4 is 40.5 Å². The van der Waals surface area contributed by atoms with Gasteiger partial charge in [0.15, 0.2) is 6.61 Å². The molecule has 108 valence electrons. The molecule has 2 N–H and O–H groups in total. The molecule has 1 heterocycles. The summed E-state index contributed by atoms with van der Waals surface area (Å²) in [6.07, 6.45) is 0. The summed E-state index contributed by atoms with van der Waals surface area (Å²) in [5.41, 5.74) is 7.78. The summed E-state index contributed by atoms with van der Waals surface area (Å²) >= 11 is 12.2. The molecule has 21 heavy (non-hydrogen) atoms. The molecule has 2 aromatic rings. The van der Waals surface area contributed by atoms with Gasteiger partial charge in [-0.3, -0.25) is 4.79 Å². The van der Waals surface area contributed by atoms with Crippen LogP contribution >= 0.6 is 23.2 Å². The predicted octanol–water partition coefficient (Wildman–Crippen LogP) is 3.50. The number of anilines is 2. The average molecular weight is 323 g/mol. The van der Waals surface area contributed by atoms with E-state index in [-0.39, 0.29) is 12.5 Å². The van der Waals surface area contributed by atoms with Crippen LogP contribution in [-0.2, 0) is 11.3 Å². The number of hydrogen-bond donors (Lipinski definition) is 1. The van der Waals surface area contributed by atoms with Crippen molar-refractivity contribution in [3.8, 4) is 5.75 Å². The summed E-state index contributed by atoms with van der Waals surface area (Å²) in [5, 5.41) is 1.14. The Balaban J connectivity index is 1.98. The molecule has 0 spiro atoms. The fraction of sp³-hybridized carbons (Fsp3) is 0.133. The molecule has 0 atom stereocenters. The third-order valence-electron chi connectivity index (χ3n) is 3.26. The molecule has 0 fully saturated rings. The van der Waals surface area contributed by atoms with E-state index >= 15 is 0 Å². The Morgan fingerprint density at radius 2 is 2.00 bits per heavy atom. The SMILES string of the molecule is Nc1ccc2c(c1)OCC(=O)N2Cc1cc(Cl)ccc1Cl. The summed E-state index contributed by atoms with van der Waals surface area (Å²) < 4.78 is 5.41. The summed E-state index contributed by atoms with van der Waals surface area (Å²) in [4.78, 5) is 13.8. The molecule has 4 nitrogen and oxygen atoms in total. The van der Waals surface area contributed by atoms with Crippen molar-refractivity contribution in [2.24, 2.45) is 0 Å². The summed E-state index contributed by atoms with van der Waals surface area (Å²) in [6, 6.07) is 10.4.